The molecule has 7 heteroatoms. The summed E-state index contributed by atoms with van der Waals surface area (Å²) in [5.74, 6) is 0.792. The number of H-pyrrole nitrogens is 1. The summed E-state index contributed by atoms with van der Waals surface area (Å²) in [5.41, 5.74) is 6.73. The summed E-state index contributed by atoms with van der Waals surface area (Å²) in [6.45, 7) is 3.09. The van der Waals surface area contributed by atoms with E-state index < -0.39 is 0 Å². The third kappa shape index (κ3) is 3.48. The van der Waals surface area contributed by atoms with Gasteiger partial charge in [0.1, 0.15) is 5.75 Å². The number of hydrogen-bond donors (Lipinski definition) is 2. The van der Waals surface area contributed by atoms with Gasteiger partial charge in [0, 0.05) is 18.7 Å². The van der Waals surface area contributed by atoms with E-state index in [0.717, 1.165) is 17.7 Å². The predicted molar refractivity (Wildman–Crippen MR) is 83.8 cm³/mol. The number of aromatic nitrogens is 3. The van der Waals surface area contributed by atoms with Gasteiger partial charge in [-0.25, -0.2) is 9.89 Å². The minimum Gasteiger partial charge on any atom is -0.496 e. The van der Waals surface area contributed by atoms with E-state index in [1.807, 2.05) is 31.2 Å². The average Bonchev–Trinajstić information content (AvgIpc) is 2.86. The maximum atomic E-state index is 11.7. The van der Waals surface area contributed by atoms with Gasteiger partial charge in [0.25, 0.3) is 0 Å². The van der Waals surface area contributed by atoms with Gasteiger partial charge in [-0.05, 0) is 12.5 Å². The molecule has 0 aliphatic carbocycles. The Kier molecular flexibility index (Phi) is 5.46. The zero-order valence-electron chi connectivity index (χ0n) is 12.2. The lowest BCUT2D eigenvalue weighted by Crippen LogP contribution is -2.18. The van der Waals surface area contributed by atoms with Crippen molar-refractivity contribution in [3.8, 4) is 5.75 Å². The highest BCUT2D eigenvalue weighted by Crippen LogP contribution is 2.37. The first kappa shape index (κ1) is 15.7. The van der Waals surface area contributed by atoms with Crippen molar-refractivity contribution in [1.29, 1.82) is 0 Å². The molecule has 1 heterocycles. The number of nitrogens with zero attached hydrogens (tertiary/aromatic N) is 2. The Hall–Kier alpha value is -1.73. The molecule has 0 aliphatic rings. The van der Waals surface area contributed by atoms with Crippen molar-refractivity contribution >= 4 is 11.8 Å². The highest BCUT2D eigenvalue weighted by atomic mass is 32.2. The molecule has 2 aromatic rings. The third-order valence-corrected chi connectivity index (χ3v) is 4.37. The number of hydrogen-bond acceptors (Lipinski definition) is 5. The van der Waals surface area contributed by atoms with Gasteiger partial charge in [0.15, 0.2) is 5.16 Å². The average molecular weight is 308 g/mol. The predicted octanol–water partition coefficient (Wildman–Crippen LogP) is 1.78. The van der Waals surface area contributed by atoms with E-state index in [1.54, 1.807) is 11.7 Å². The van der Waals surface area contributed by atoms with Crippen molar-refractivity contribution in [2.75, 3.05) is 13.7 Å². The van der Waals surface area contributed by atoms with E-state index >= 15 is 0 Å². The molecule has 0 saturated heterocycles. The molecular weight excluding hydrogens is 288 g/mol. The van der Waals surface area contributed by atoms with Crippen molar-refractivity contribution in [3.63, 3.8) is 0 Å². The van der Waals surface area contributed by atoms with Crippen LogP contribution in [0.5, 0.6) is 5.75 Å². The maximum absolute atomic E-state index is 11.7. The molecule has 0 spiro atoms. The molecule has 2 rings (SSSR count). The third-order valence-electron chi connectivity index (χ3n) is 3.12. The van der Waals surface area contributed by atoms with Crippen LogP contribution in [0.2, 0.25) is 0 Å². The van der Waals surface area contributed by atoms with E-state index in [-0.39, 0.29) is 10.9 Å². The van der Waals surface area contributed by atoms with E-state index in [4.69, 9.17) is 10.5 Å². The minimum atomic E-state index is -0.185. The summed E-state index contributed by atoms with van der Waals surface area (Å²) in [5, 5.41) is 7.23. The van der Waals surface area contributed by atoms with E-state index in [9.17, 15) is 4.79 Å². The van der Waals surface area contributed by atoms with Crippen LogP contribution in [0.1, 0.15) is 24.2 Å². The fourth-order valence-corrected chi connectivity index (χ4v) is 3.18. The summed E-state index contributed by atoms with van der Waals surface area (Å²) in [6.07, 6.45) is 0.870. The Labute approximate surface area is 127 Å². The second-order valence-electron chi connectivity index (χ2n) is 4.55. The number of methoxy groups -OCH3 is 1. The topological polar surface area (TPSA) is 85.9 Å². The molecule has 114 valence electrons. The quantitative estimate of drug-likeness (QED) is 0.762. The van der Waals surface area contributed by atoms with Crippen LogP contribution in [0, 0.1) is 0 Å². The number of benzene rings is 1. The molecule has 1 unspecified atom stereocenters. The van der Waals surface area contributed by atoms with Crippen molar-refractivity contribution in [2.45, 2.75) is 30.3 Å². The summed E-state index contributed by atoms with van der Waals surface area (Å²) < 4.78 is 7.02. The fourth-order valence-electron chi connectivity index (χ4n) is 2.11. The Balaban J connectivity index is 2.29. The molecule has 1 atom stereocenters. The van der Waals surface area contributed by atoms with Gasteiger partial charge in [-0.2, -0.15) is 0 Å². The second-order valence-corrected chi connectivity index (χ2v) is 5.72. The molecular formula is C14H20N4O2S. The number of nitrogens with one attached hydrogen (secondary N) is 1. The van der Waals surface area contributed by atoms with Gasteiger partial charge in [0.2, 0.25) is 0 Å². The first-order valence-electron chi connectivity index (χ1n) is 6.86. The number of nitrogens with two attached hydrogens (primary N) is 1. The van der Waals surface area contributed by atoms with Crippen LogP contribution in [0.3, 0.4) is 0 Å². The summed E-state index contributed by atoms with van der Waals surface area (Å²) >= 11 is 1.47. The van der Waals surface area contributed by atoms with Crippen LogP contribution in [-0.4, -0.2) is 28.4 Å². The van der Waals surface area contributed by atoms with Crippen LogP contribution in [0.15, 0.2) is 34.2 Å². The Morgan fingerprint density at radius 1 is 1.48 bits per heavy atom. The SMILES string of the molecule is CCCn1c(SC(CN)c2ccccc2OC)n[nH]c1=O. The van der Waals surface area contributed by atoms with Crippen molar-refractivity contribution in [1.82, 2.24) is 14.8 Å². The highest BCUT2D eigenvalue weighted by Gasteiger charge is 2.19. The van der Waals surface area contributed by atoms with Crippen LogP contribution in [0.4, 0.5) is 0 Å². The molecule has 0 fully saturated rings. The molecule has 1 aromatic carbocycles. The van der Waals surface area contributed by atoms with Crippen LogP contribution >= 0.6 is 11.8 Å². The van der Waals surface area contributed by atoms with E-state index in [0.29, 0.717) is 18.2 Å². The molecule has 0 amide bonds. The largest absolute Gasteiger partial charge is 0.496 e. The summed E-state index contributed by atoms with van der Waals surface area (Å²) in [7, 11) is 1.64. The van der Waals surface area contributed by atoms with Crippen molar-refractivity contribution in [2.24, 2.45) is 5.73 Å². The van der Waals surface area contributed by atoms with Gasteiger partial charge >= 0.3 is 5.69 Å². The highest BCUT2D eigenvalue weighted by molar-refractivity contribution is 7.99. The summed E-state index contributed by atoms with van der Waals surface area (Å²) in [4.78, 5) is 11.7. The van der Waals surface area contributed by atoms with Gasteiger partial charge in [-0.1, -0.05) is 36.9 Å². The number of thioether (sulfide) groups is 1. The summed E-state index contributed by atoms with van der Waals surface area (Å²) in [6, 6.07) is 7.76. The molecule has 0 saturated carbocycles. The number of para-hydroxylation sites is 1. The van der Waals surface area contributed by atoms with Crippen molar-refractivity contribution in [3.05, 3.63) is 40.3 Å². The normalized spacial score (nSPS) is 12.3. The van der Waals surface area contributed by atoms with Gasteiger partial charge < -0.3 is 10.5 Å². The zero-order chi connectivity index (χ0) is 15.2. The van der Waals surface area contributed by atoms with Gasteiger partial charge in [-0.15, -0.1) is 5.10 Å². The first-order valence-corrected chi connectivity index (χ1v) is 7.74. The van der Waals surface area contributed by atoms with Gasteiger partial charge in [0.05, 0.1) is 12.4 Å². The molecule has 0 radical (unpaired) electrons. The molecule has 3 N–H and O–H groups in total. The number of rotatable bonds is 7. The zero-order valence-corrected chi connectivity index (χ0v) is 13.0. The monoisotopic (exact) mass is 308 g/mol. The lowest BCUT2D eigenvalue weighted by molar-refractivity contribution is 0.409. The molecule has 0 bridgehead atoms. The number of aromatic amines is 1. The lowest BCUT2D eigenvalue weighted by Gasteiger charge is -2.17. The van der Waals surface area contributed by atoms with Crippen LogP contribution < -0.4 is 16.2 Å². The molecule has 6 nitrogen and oxygen atoms in total. The standard InChI is InChI=1S/C14H20N4O2S/c1-3-8-18-13(19)16-17-14(18)21-12(9-15)10-6-4-5-7-11(10)20-2/h4-7,12H,3,8-9,15H2,1-2H3,(H,16,19). The van der Waals surface area contributed by atoms with Crippen molar-refractivity contribution < 1.29 is 4.74 Å². The maximum Gasteiger partial charge on any atom is 0.343 e. The lowest BCUT2D eigenvalue weighted by atomic mass is 10.1. The minimum absolute atomic E-state index is 0.0213. The van der Waals surface area contributed by atoms with Crippen LogP contribution in [-0.2, 0) is 6.54 Å². The van der Waals surface area contributed by atoms with Crippen LogP contribution in [0.25, 0.3) is 0 Å². The molecule has 1 aromatic heterocycles. The van der Waals surface area contributed by atoms with Gasteiger partial charge in [-0.3, -0.25) is 4.57 Å². The fraction of sp³-hybridized carbons (Fsp3) is 0.429. The molecule has 21 heavy (non-hydrogen) atoms. The Morgan fingerprint density at radius 2 is 2.24 bits per heavy atom. The Morgan fingerprint density at radius 3 is 2.90 bits per heavy atom. The Bertz CT molecular complexity index is 638. The van der Waals surface area contributed by atoms with E-state index in [1.165, 1.54) is 11.8 Å². The smallest absolute Gasteiger partial charge is 0.343 e. The molecule has 0 aliphatic heterocycles. The first-order chi connectivity index (χ1) is 10.2. The van der Waals surface area contributed by atoms with E-state index in [2.05, 4.69) is 10.2 Å². The number of ether oxygens (including phenoxy) is 1. The second kappa shape index (κ2) is 7.33.